The summed E-state index contributed by atoms with van der Waals surface area (Å²) in [6.07, 6.45) is 0. The molecule has 0 aliphatic rings. The topological polar surface area (TPSA) is 12.0 Å². The van der Waals surface area contributed by atoms with E-state index in [0.717, 1.165) is 0 Å². The molecule has 0 saturated carbocycles. The van der Waals surface area contributed by atoms with Crippen molar-refractivity contribution in [3.8, 4) is 0 Å². The van der Waals surface area contributed by atoms with Gasteiger partial charge in [-0.15, -0.1) is 0 Å². The van der Waals surface area contributed by atoms with E-state index in [0.29, 0.717) is 0 Å². The van der Waals surface area contributed by atoms with Crippen molar-refractivity contribution in [3.05, 3.63) is 54.6 Å². The van der Waals surface area contributed by atoms with Crippen LogP contribution in [0.2, 0.25) is 0 Å². The Morgan fingerprint density at radius 1 is 0.750 bits per heavy atom. The summed E-state index contributed by atoms with van der Waals surface area (Å²) in [5.74, 6) is 0. The first-order valence-corrected chi connectivity index (χ1v) is 5.48. The zero-order chi connectivity index (χ0) is 11.0. The van der Waals surface area contributed by atoms with Crippen LogP contribution in [0.4, 0.5) is 5.69 Å². The summed E-state index contributed by atoms with van der Waals surface area (Å²) < 4.78 is 0. The van der Waals surface area contributed by atoms with Crippen LogP contribution in [0, 0.1) is 0 Å². The third-order valence-electron chi connectivity index (χ3n) is 3.04. The molecule has 0 aliphatic carbocycles. The summed E-state index contributed by atoms with van der Waals surface area (Å²) >= 11 is 0. The van der Waals surface area contributed by atoms with Crippen LogP contribution in [0.3, 0.4) is 0 Å². The van der Waals surface area contributed by atoms with Gasteiger partial charge in [-0.25, -0.2) is 0 Å². The second-order valence-electron chi connectivity index (χ2n) is 3.94. The summed E-state index contributed by atoms with van der Waals surface area (Å²) in [7, 11) is 1.97. The molecule has 0 saturated heterocycles. The molecule has 1 nitrogen and oxygen atoms in total. The predicted molar refractivity (Wildman–Crippen MR) is 71.0 cm³/mol. The van der Waals surface area contributed by atoms with Crippen molar-refractivity contribution in [2.24, 2.45) is 0 Å². The lowest BCUT2D eigenvalue weighted by Crippen LogP contribution is -1.90. The van der Waals surface area contributed by atoms with Crippen molar-refractivity contribution < 1.29 is 0 Å². The standard InChI is InChI=1S/C15H13N/c1-16-15-10-11-6-2-3-7-12(11)13-8-4-5-9-14(13)15/h2-10,16H,1H3. The second-order valence-corrected chi connectivity index (χ2v) is 3.94. The average molecular weight is 207 g/mol. The Morgan fingerprint density at radius 3 is 2.12 bits per heavy atom. The van der Waals surface area contributed by atoms with Crippen LogP contribution in [0.25, 0.3) is 21.5 Å². The van der Waals surface area contributed by atoms with Gasteiger partial charge in [-0.05, 0) is 22.2 Å². The van der Waals surface area contributed by atoms with Gasteiger partial charge in [0.25, 0.3) is 0 Å². The molecular formula is C15H13N. The molecule has 1 N–H and O–H groups in total. The molecule has 0 bridgehead atoms. The van der Waals surface area contributed by atoms with Crippen LogP contribution in [0.5, 0.6) is 0 Å². The van der Waals surface area contributed by atoms with Crippen LogP contribution in [-0.4, -0.2) is 7.05 Å². The summed E-state index contributed by atoms with van der Waals surface area (Å²) in [4.78, 5) is 0. The number of hydrogen-bond acceptors (Lipinski definition) is 1. The molecule has 0 fully saturated rings. The Balaban J connectivity index is 2.57. The van der Waals surface area contributed by atoms with E-state index in [1.54, 1.807) is 0 Å². The highest BCUT2D eigenvalue weighted by Crippen LogP contribution is 2.31. The van der Waals surface area contributed by atoms with Crippen molar-refractivity contribution in [1.29, 1.82) is 0 Å². The van der Waals surface area contributed by atoms with Crippen molar-refractivity contribution >= 4 is 27.2 Å². The molecule has 0 heterocycles. The summed E-state index contributed by atoms with van der Waals surface area (Å²) in [5, 5.41) is 8.45. The lowest BCUT2D eigenvalue weighted by atomic mass is 10.0. The molecule has 0 amide bonds. The van der Waals surface area contributed by atoms with Gasteiger partial charge >= 0.3 is 0 Å². The second kappa shape index (κ2) is 3.53. The van der Waals surface area contributed by atoms with Gasteiger partial charge in [0.15, 0.2) is 0 Å². The normalized spacial score (nSPS) is 10.8. The van der Waals surface area contributed by atoms with E-state index >= 15 is 0 Å². The van der Waals surface area contributed by atoms with Crippen LogP contribution < -0.4 is 5.32 Å². The van der Waals surface area contributed by atoms with E-state index in [4.69, 9.17) is 0 Å². The Bertz CT molecular complexity index is 656. The largest absolute Gasteiger partial charge is 0.388 e. The number of hydrogen-bond donors (Lipinski definition) is 1. The molecule has 16 heavy (non-hydrogen) atoms. The van der Waals surface area contributed by atoms with Crippen LogP contribution in [-0.2, 0) is 0 Å². The van der Waals surface area contributed by atoms with E-state index in [9.17, 15) is 0 Å². The van der Waals surface area contributed by atoms with Crippen molar-refractivity contribution in [2.45, 2.75) is 0 Å². The van der Waals surface area contributed by atoms with Gasteiger partial charge in [0, 0.05) is 18.1 Å². The predicted octanol–water partition coefficient (Wildman–Crippen LogP) is 4.03. The number of benzene rings is 3. The molecule has 0 radical (unpaired) electrons. The van der Waals surface area contributed by atoms with Crippen LogP contribution in [0.15, 0.2) is 54.6 Å². The average Bonchev–Trinajstić information content (AvgIpc) is 2.38. The SMILES string of the molecule is CNc1cc2ccccc2c2ccccc12. The lowest BCUT2D eigenvalue weighted by molar-refractivity contribution is 1.56. The third kappa shape index (κ3) is 1.25. The molecule has 0 unspecified atom stereocenters. The van der Waals surface area contributed by atoms with Gasteiger partial charge in [-0.3, -0.25) is 0 Å². The van der Waals surface area contributed by atoms with E-state index in [2.05, 4.69) is 59.9 Å². The maximum atomic E-state index is 3.26. The zero-order valence-corrected chi connectivity index (χ0v) is 9.20. The lowest BCUT2D eigenvalue weighted by Gasteiger charge is -2.09. The zero-order valence-electron chi connectivity index (χ0n) is 9.20. The number of nitrogens with one attached hydrogen (secondary N) is 1. The molecule has 3 rings (SSSR count). The molecule has 0 atom stereocenters. The Hall–Kier alpha value is -2.02. The summed E-state index contributed by atoms with van der Waals surface area (Å²) in [6, 6.07) is 19.2. The Morgan fingerprint density at radius 2 is 1.38 bits per heavy atom. The monoisotopic (exact) mass is 207 g/mol. The maximum Gasteiger partial charge on any atom is 0.0423 e. The fraction of sp³-hybridized carbons (Fsp3) is 0.0667. The Kier molecular flexibility index (Phi) is 2.03. The van der Waals surface area contributed by atoms with E-state index in [1.807, 2.05) is 7.05 Å². The highest BCUT2D eigenvalue weighted by atomic mass is 14.8. The highest BCUT2D eigenvalue weighted by molar-refractivity contribution is 6.12. The number of fused-ring (bicyclic) bond motifs is 3. The molecule has 0 aliphatic heterocycles. The van der Waals surface area contributed by atoms with Gasteiger partial charge in [-0.1, -0.05) is 48.5 Å². The first-order valence-electron chi connectivity index (χ1n) is 5.48. The first-order chi connectivity index (χ1) is 7.90. The summed E-state index contributed by atoms with van der Waals surface area (Å²) in [5.41, 5.74) is 1.19. The van der Waals surface area contributed by atoms with Crippen molar-refractivity contribution in [1.82, 2.24) is 0 Å². The third-order valence-corrected chi connectivity index (χ3v) is 3.04. The first kappa shape index (κ1) is 9.22. The van der Waals surface area contributed by atoms with Crippen molar-refractivity contribution in [3.63, 3.8) is 0 Å². The number of rotatable bonds is 1. The van der Waals surface area contributed by atoms with E-state index in [1.165, 1.54) is 27.2 Å². The minimum Gasteiger partial charge on any atom is -0.388 e. The van der Waals surface area contributed by atoms with Gasteiger partial charge in [0.05, 0.1) is 0 Å². The molecule has 78 valence electrons. The molecule has 0 aromatic heterocycles. The fourth-order valence-electron chi connectivity index (χ4n) is 2.26. The van der Waals surface area contributed by atoms with Gasteiger partial charge in [0.1, 0.15) is 0 Å². The summed E-state index contributed by atoms with van der Waals surface area (Å²) in [6.45, 7) is 0. The molecule has 1 heteroatoms. The van der Waals surface area contributed by atoms with Gasteiger partial charge < -0.3 is 5.32 Å². The van der Waals surface area contributed by atoms with Crippen LogP contribution in [0.1, 0.15) is 0 Å². The van der Waals surface area contributed by atoms with Gasteiger partial charge in [0.2, 0.25) is 0 Å². The molecule has 0 spiro atoms. The van der Waals surface area contributed by atoms with Crippen molar-refractivity contribution in [2.75, 3.05) is 12.4 Å². The van der Waals surface area contributed by atoms with Crippen LogP contribution >= 0.6 is 0 Å². The number of anilines is 1. The Labute approximate surface area is 94.7 Å². The smallest absolute Gasteiger partial charge is 0.0423 e. The molecule has 3 aromatic carbocycles. The van der Waals surface area contributed by atoms with E-state index < -0.39 is 0 Å². The van der Waals surface area contributed by atoms with Gasteiger partial charge in [-0.2, -0.15) is 0 Å². The maximum absolute atomic E-state index is 3.26. The quantitative estimate of drug-likeness (QED) is 0.594. The molecule has 3 aromatic rings. The highest BCUT2D eigenvalue weighted by Gasteiger charge is 2.03. The molecular weight excluding hydrogens is 194 g/mol. The minimum absolute atomic E-state index is 1.19. The minimum atomic E-state index is 1.19. The van der Waals surface area contributed by atoms with E-state index in [-0.39, 0.29) is 0 Å². The fourth-order valence-corrected chi connectivity index (χ4v) is 2.26.